The Morgan fingerprint density at radius 3 is 2.35 bits per heavy atom. The average molecular weight is 418 g/mol. The van der Waals surface area contributed by atoms with Gasteiger partial charge in [-0.3, -0.25) is 9.59 Å². The van der Waals surface area contributed by atoms with Gasteiger partial charge >= 0.3 is 5.97 Å². The van der Waals surface area contributed by atoms with Gasteiger partial charge in [-0.1, -0.05) is 0 Å². The predicted molar refractivity (Wildman–Crippen MR) is 101 cm³/mol. The molecule has 1 heterocycles. The van der Waals surface area contributed by atoms with E-state index >= 15 is 0 Å². The van der Waals surface area contributed by atoms with Crippen molar-refractivity contribution in [3.63, 3.8) is 0 Å². The summed E-state index contributed by atoms with van der Waals surface area (Å²) in [6, 6.07) is 9.59. The summed E-state index contributed by atoms with van der Waals surface area (Å²) in [6.07, 6.45) is 2.73. The van der Waals surface area contributed by atoms with Gasteiger partial charge in [0, 0.05) is 28.0 Å². The number of anilines is 2. The molecule has 134 valence electrons. The number of pyridine rings is 1. The summed E-state index contributed by atoms with van der Waals surface area (Å²) in [4.78, 5) is 39.5. The number of carbonyl (C=O) groups excluding carboxylic acids is 3. The number of nitrogens with one attached hydrogen (secondary N) is 2. The lowest BCUT2D eigenvalue weighted by atomic mass is 10.2. The van der Waals surface area contributed by atoms with Crippen LogP contribution >= 0.6 is 15.9 Å². The van der Waals surface area contributed by atoms with Crippen LogP contribution in [0.2, 0.25) is 0 Å². The van der Waals surface area contributed by atoms with Gasteiger partial charge in [-0.15, -0.1) is 0 Å². The van der Waals surface area contributed by atoms with Crippen molar-refractivity contribution in [3.05, 3.63) is 64.3 Å². The van der Waals surface area contributed by atoms with E-state index in [2.05, 4.69) is 36.3 Å². The molecule has 0 aliphatic rings. The number of hydrogen-bond acceptors (Lipinski definition) is 5. The number of aromatic nitrogens is 1. The highest BCUT2D eigenvalue weighted by molar-refractivity contribution is 9.10. The molecule has 0 aliphatic heterocycles. The molecule has 1 aromatic heterocycles. The molecule has 2 amide bonds. The van der Waals surface area contributed by atoms with E-state index in [4.69, 9.17) is 0 Å². The molecule has 8 heteroatoms. The van der Waals surface area contributed by atoms with Gasteiger partial charge in [-0.25, -0.2) is 9.78 Å². The minimum Gasteiger partial charge on any atom is -0.465 e. The molecule has 0 saturated heterocycles. The highest BCUT2D eigenvalue weighted by Crippen LogP contribution is 2.13. The summed E-state index contributed by atoms with van der Waals surface area (Å²) in [7, 11) is 1.29. The van der Waals surface area contributed by atoms with Crippen LogP contribution in [0.3, 0.4) is 0 Å². The second-order valence-electron chi connectivity index (χ2n) is 5.20. The lowest BCUT2D eigenvalue weighted by molar-refractivity contribution is -0.114. The summed E-state index contributed by atoms with van der Waals surface area (Å²) < 4.78 is 5.40. The van der Waals surface area contributed by atoms with E-state index in [0.717, 1.165) is 4.47 Å². The van der Waals surface area contributed by atoms with Gasteiger partial charge in [0.15, 0.2) is 0 Å². The van der Waals surface area contributed by atoms with E-state index in [0.29, 0.717) is 17.1 Å². The maximum absolute atomic E-state index is 12.1. The molecule has 2 rings (SSSR count). The van der Waals surface area contributed by atoms with Crippen molar-refractivity contribution in [2.45, 2.75) is 6.92 Å². The monoisotopic (exact) mass is 417 g/mol. The van der Waals surface area contributed by atoms with Gasteiger partial charge in [0.2, 0.25) is 5.91 Å². The minimum absolute atomic E-state index is 0.219. The van der Waals surface area contributed by atoms with Crippen LogP contribution in [-0.2, 0) is 14.3 Å². The zero-order chi connectivity index (χ0) is 19.1. The third-order valence-corrected chi connectivity index (χ3v) is 3.72. The molecule has 26 heavy (non-hydrogen) atoms. The quantitative estimate of drug-likeness (QED) is 0.575. The summed E-state index contributed by atoms with van der Waals surface area (Å²) in [5.74, 6) is -0.985. The van der Waals surface area contributed by atoms with E-state index in [-0.39, 0.29) is 5.57 Å². The molecule has 0 radical (unpaired) electrons. The van der Waals surface area contributed by atoms with Crippen LogP contribution in [0.25, 0.3) is 0 Å². The topological polar surface area (TPSA) is 97.4 Å². The van der Waals surface area contributed by atoms with Crippen molar-refractivity contribution in [1.29, 1.82) is 0 Å². The van der Waals surface area contributed by atoms with Crippen molar-refractivity contribution in [2.24, 2.45) is 0 Å². The number of benzene rings is 1. The van der Waals surface area contributed by atoms with Crippen molar-refractivity contribution < 1.29 is 19.1 Å². The Morgan fingerprint density at radius 2 is 1.77 bits per heavy atom. The van der Waals surface area contributed by atoms with Crippen LogP contribution in [0.4, 0.5) is 11.5 Å². The summed E-state index contributed by atoms with van der Waals surface area (Å²) in [6.45, 7) is 1.52. The van der Waals surface area contributed by atoms with Crippen LogP contribution in [-0.4, -0.2) is 29.9 Å². The number of carbonyl (C=O) groups is 3. The Kier molecular flexibility index (Phi) is 6.62. The lowest BCUT2D eigenvalue weighted by Crippen LogP contribution is -2.16. The van der Waals surface area contributed by atoms with Gasteiger partial charge in [-0.2, -0.15) is 0 Å². The molecule has 0 aliphatic carbocycles. The maximum atomic E-state index is 12.1. The van der Waals surface area contributed by atoms with E-state index in [1.165, 1.54) is 32.2 Å². The SMILES string of the molecule is COC(=O)c1ccc(NC(=O)/C(C)=C/C(=O)Nc2ccc(Br)cn2)cc1. The first-order valence-electron chi connectivity index (χ1n) is 7.49. The number of esters is 1. The maximum Gasteiger partial charge on any atom is 0.337 e. The Hall–Kier alpha value is -3.00. The standard InChI is InChI=1S/C18H16BrN3O4/c1-11(9-16(23)22-15-8-5-13(19)10-20-15)17(24)21-14-6-3-12(4-7-14)18(25)26-2/h3-10H,1-2H3,(H,21,24)(H,20,22,23)/b11-9+. The van der Waals surface area contributed by atoms with Gasteiger partial charge in [-0.05, 0) is 59.3 Å². The van der Waals surface area contributed by atoms with E-state index < -0.39 is 17.8 Å². The zero-order valence-electron chi connectivity index (χ0n) is 14.1. The molecular formula is C18H16BrN3O4. The summed E-state index contributed by atoms with van der Waals surface area (Å²) in [5.41, 5.74) is 1.08. The van der Waals surface area contributed by atoms with E-state index in [1.807, 2.05) is 0 Å². The molecule has 0 fully saturated rings. The van der Waals surface area contributed by atoms with Crippen LogP contribution in [0.5, 0.6) is 0 Å². The normalized spacial score (nSPS) is 10.8. The van der Waals surface area contributed by atoms with Crippen LogP contribution in [0, 0.1) is 0 Å². The number of nitrogens with zero attached hydrogens (tertiary/aromatic N) is 1. The predicted octanol–water partition coefficient (Wildman–Crippen LogP) is 3.15. The summed E-state index contributed by atoms with van der Waals surface area (Å²) in [5, 5.41) is 5.21. The first kappa shape index (κ1) is 19.3. The second kappa shape index (κ2) is 8.91. The Bertz CT molecular complexity index is 846. The van der Waals surface area contributed by atoms with Gasteiger partial charge in [0.05, 0.1) is 12.7 Å². The number of amides is 2. The molecule has 2 N–H and O–H groups in total. The smallest absolute Gasteiger partial charge is 0.337 e. The molecule has 1 aromatic carbocycles. The Labute approximate surface area is 158 Å². The number of halogens is 1. The van der Waals surface area contributed by atoms with Crippen molar-refractivity contribution in [1.82, 2.24) is 4.98 Å². The molecule has 0 bridgehead atoms. The second-order valence-corrected chi connectivity index (χ2v) is 6.12. The molecule has 0 saturated carbocycles. The molecule has 0 atom stereocenters. The lowest BCUT2D eigenvalue weighted by Gasteiger charge is -2.07. The first-order chi connectivity index (χ1) is 12.4. The minimum atomic E-state index is -0.464. The van der Waals surface area contributed by atoms with Gasteiger partial charge in [0.1, 0.15) is 5.82 Å². The number of hydrogen-bond donors (Lipinski definition) is 2. The fourth-order valence-electron chi connectivity index (χ4n) is 1.91. The number of methoxy groups -OCH3 is 1. The third-order valence-electron chi connectivity index (χ3n) is 3.25. The fourth-order valence-corrected chi connectivity index (χ4v) is 2.15. The van der Waals surface area contributed by atoms with Crippen molar-refractivity contribution in [3.8, 4) is 0 Å². The number of ether oxygens (including phenoxy) is 1. The van der Waals surface area contributed by atoms with E-state index in [9.17, 15) is 14.4 Å². The molecule has 0 spiro atoms. The highest BCUT2D eigenvalue weighted by Gasteiger charge is 2.09. The number of rotatable bonds is 5. The average Bonchev–Trinajstić information content (AvgIpc) is 2.63. The first-order valence-corrected chi connectivity index (χ1v) is 8.29. The van der Waals surface area contributed by atoms with E-state index in [1.54, 1.807) is 30.5 Å². The largest absolute Gasteiger partial charge is 0.465 e. The van der Waals surface area contributed by atoms with Gasteiger partial charge < -0.3 is 15.4 Å². The van der Waals surface area contributed by atoms with Crippen molar-refractivity contribution in [2.75, 3.05) is 17.7 Å². The zero-order valence-corrected chi connectivity index (χ0v) is 15.7. The molecule has 7 nitrogen and oxygen atoms in total. The molecular weight excluding hydrogens is 402 g/mol. The third kappa shape index (κ3) is 5.52. The highest BCUT2D eigenvalue weighted by atomic mass is 79.9. The van der Waals surface area contributed by atoms with Crippen LogP contribution in [0.15, 0.2) is 58.7 Å². The van der Waals surface area contributed by atoms with Gasteiger partial charge in [0.25, 0.3) is 5.91 Å². The summed E-state index contributed by atoms with van der Waals surface area (Å²) >= 11 is 3.25. The molecule has 0 unspecified atom stereocenters. The van der Waals surface area contributed by atoms with Crippen molar-refractivity contribution >= 4 is 45.2 Å². The van der Waals surface area contributed by atoms with Crippen LogP contribution < -0.4 is 10.6 Å². The Morgan fingerprint density at radius 1 is 1.08 bits per heavy atom. The fraction of sp³-hybridized carbons (Fsp3) is 0.111. The molecule has 2 aromatic rings. The Balaban J connectivity index is 1.97. The van der Waals surface area contributed by atoms with Crippen LogP contribution in [0.1, 0.15) is 17.3 Å².